The molecule has 2 heterocycles. The highest BCUT2D eigenvalue weighted by atomic mass is 16.6. The van der Waals surface area contributed by atoms with Crippen molar-refractivity contribution in [2.45, 2.75) is 13.8 Å². The predicted molar refractivity (Wildman–Crippen MR) is 109 cm³/mol. The third kappa shape index (κ3) is 4.03. The lowest BCUT2D eigenvalue weighted by Gasteiger charge is -2.16. The normalized spacial score (nSPS) is 10.7. The minimum atomic E-state index is 0.296. The second-order valence-electron chi connectivity index (χ2n) is 5.94. The van der Waals surface area contributed by atoms with Crippen LogP contribution in [0.4, 0.5) is 23.0 Å². The number of anilines is 4. The van der Waals surface area contributed by atoms with E-state index >= 15 is 0 Å². The summed E-state index contributed by atoms with van der Waals surface area (Å²) < 4.78 is 16.2. The molecule has 2 N–H and O–H groups in total. The quantitative estimate of drug-likeness (QED) is 0.454. The van der Waals surface area contributed by atoms with Crippen molar-refractivity contribution in [2.75, 3.05) is 23.8 Å². The van der Waals surface area contributed by atoms with Gasteiger partial charge in [0, 0.05) is 0 Å². The second kappa shape index (κ2) is 8.42. The molecule has 9 nitrogen and oxygen atoms in total. The Morgan fingerprint density at radius 1 is 0.724 bits per heavy atom. The molecule has 0 fully saturated rings. The molecule has 0 bridgehead atoms. The van der Waals surface area contributed by atoms with Crippen LogP contribution in [0.15, 0.2) is 53.2 Å². The van der Waals surface area contributed by atoms with Gasteiger partial charge in [-0.3, -0.25) is 0 Å². The van der Waals surface area contributed by atoms with E-state index in [0.717, 1.165) is 11.4 Å². The minimum absolute atomic E-state index is 0.296. The van der Waals surface area contributed by atoms with Gasteiger partial charge < -0.3 is 20.1 Å². The summed E-state index contributed by atoms with van der Waals surface area (Å²) in [5, 5.41) is 14.1. The molecule has 0 saturated heterocycles. The first-order valence-electron chi connectivity index (χ1n) is 9.26. The van der Waals surface area contributed by atoms with Gasteiger partial charge in [-0.25, -0.2) is 14.6 Å². The van der Waals surface area contributed by atoms with E-state index in [-0.39, 0.29) is 0 Å². The lowest BCUT2D eigenvalue weighted by atomic mass is 10.2. The summed E-state index contributed by atoms with van der Waals surface area (Å²) >= 11 is 0. The van der Waals surface area contributed by atoms with Crippen LogP contribution in [0.2, 0.25) is 0 Å². The molecule has 0 amide bonds. The molecule has 0 saturated carbocycles. The van der Waals surface area contributed by atoms with Gasteiger partial charge in [0.25, 0.3) is 0 Å². The van der Waals surface area contributed by atoms with Crippen LogP contribution in [-0.4, -0.2) is 33.5 Å². The van der Waals surface area contributed by atoms with Gasteiger partial charge in [0.1, 0.15) is 11.5 Å². The molecule has 2 aromatic heterocycles. The molecule has 0 aliphatic rings. The van der Waals surface area contributed by atoms with Gasteiger partial charge in [-0.15, -0.1) is 0 Å². The zero-order valence-electron chi connectivity index (χ0n) is 16.0. The van der Waals surface area contributed by atoms with Crippen molar-refractivity contribution in [2.24, 2.45) is 0 Å². The average Bonchev–Trinajstić information content (AvgIpc) is 3.19. The van der Waals surface area contributed by atoms with E-state index in [1.165, 1.54) is 0 Å². The highest BCUT2D eigenvalue weighted by Gasteiger charge is 2.16. The first-order chi connectivity index (χ1) is 14.3. The Hall–Kier alpha value is -3.88. The van der Waals surface area contributed by atoms with Gasteiger partial charge in [0.2, 0.25) is 11.3 Å². The molecule has 0 aliphatic carbocycles. The molecular formula is C20H20N6O3. The highest BCUT2D eigenvalue weighted by Crippen LogP contribution is 2.33. The van der Waals surface area contributed by atoms with Gasteiger partial charge >= 0.3 is 0 Å². The first-order valence-corrected chi connectivity index (χ1v) is 9.26. The Balaban J connectivity index is 1.74. The van der Waals surface area contributed by atoms with Crippen molar-refractivity contribution < 1.29 is 14.1 Å². The SMILES string of the molecule is CCOc1ccccc1Nc1nc2nonc2nc1Nc1ccccc1OCC. The number of fused-ring (bicyclic) bond motifs is 1. The van der Waals surface area contributed by atoms with Crippen molar-refractivity contribution >= 4 is 34.3 Å². The molecule has 148 valence electrons. The lowest BCUT2D eigenvalue weighted by Crippen LogP contribution is -2.05. The number of nitrogens with one attached hydrogen (secondary N) is 2. The minimum Gasteiger partial charge on any atom is -0.492 e. The second-order valence-corrected chi connectivity index (χ2v) is 5.94. The molecule has 0 aliphatic heterocycles. The van der Waals surface area contributed by atoms with E-state index in [4.69, 9.17) is 14.1 Å². The highest BCUT2D eigenvalue weighted by molar-refractivity contribution is 5.81. The Labute approximate surface area is 167 Å². The van der Waals surface area contributed by atoms with Gasteiger partial charge in [-0.2, -0.15) is 0 Å². The predicted octanol–water partition coefficient (Wildman–Crippen LogP) is 4.30. The molecule has 29 heavy (non-hydrogen) atoms. The topological polar surface area (TPSA) is 107 Å². The largest absolute Gasteiger partial charge is 0.492 e. The van der Waals surface area contributed by atoms with E-state index in [0.29, 0.717) is 47.6 Å². The molecule has 4 rings (SSSR count). The van der Waals surface area contributed by atoms with Crippen LogP contribution in [0.1, 0.15) is 13.8 Å². The maximum Gasteiger partial charge on any atom is 0.245 e. The van der Waals surface area contributed by atoms with Crippen LogP contribution in [0, 0.1) is 0 Å². The number of aromatic nitrogens is 4. The fraction of sp³-hybridized carbons (Fsp3) is 0.200. The summed E-state index contributed by atoms with van der Waals surface area (Å²) in [6.07, 6.45) is 0. The number of hydrogen-bond donors (Lipinski definition) is 2. The number of benzene rings is 2. The molecule has 0 radical (unpaired) electrons. The van der Waals surface area contributed by atoms with Crippen molar-refractivity contribution in [3.8, 4) is 11.5 Å². The van der Waals surface area contributed by atoms with Gasteiger partial charge in [0.05, 0.1) is 24.6 Å². The summed E-state index contributed by atoms with van der Waals surface area (Å²) in [5.41, 5.74) is 2.09. The monoisotopic (exact) mass is 392 g/mol. The van der Waals surface area contributed by atoms with Crippen LogP contribution in [0.5, 0.6) is 11.5 Å². The summed E-state index contributed by atoms with van der Waals surface area (Å²) in [5.74, 6) is 2.31. The van der Waals surface area contributed by atoms with E-state index < -0.39 is 0 Å². The van der Waals surface area contributed by atoms with Gasteiger partial charge in [-0.05, 0) is 48.4 Å². The fourth-order valence-corrected chi connectivity index (χ4v) is 2.77. The van der Waals surface area contributed by atoms with Crippen molar-refractivity contribution in [1.82, 2.24) is 20.3 Å². The van der Waals surface area contributed by atoms with E-state index in [1.54, 1.807) is 0 Å². The number of hydrogen-bond acceptors (Lipinski definition) is 9. The van der Waals surface area contributed by atoms with Gasteiger partial charge in [0.15, 0.2) is 11.6 Å². The Bertz CT molecular complexity index is 1030. The van der Waals surface area contributed by atoms with E-state index in [2.05, 4.69) is 30.9 Å². The number of rotatable bonds is 8. The lowest BCUT2D eigenvalue weighted by molar-refractivity contribution is 0.314. The third-order valence-corrected chi connectivity index (χ3v) is 3.99. The maximum absolute atomic E-state index is 5.69. The summed E-state index contributed by atoms with van der Waals surface area (Å²) in [6.45, 7) is 4.95. The summed E-state index contributed by atoms with van der Waals surface area (Å²) in [7, 11) is 0. The van der Waals surface area contributed by atoms with Gasteiger partial charge in [-0.1, -0.05) is 24.3 Å². The summed E-state index contributed by atoms with van der Waals surface area (Å²) in [4.78, 5) is 9.01. The number of nitrogens with zero attached hydrogens (tertiary/aromatic N) is 4. The standard InChI is InChI=1S/C20H20N6O3/c1-3-27-15-11-7-5-9-13(15)21-17-18(24-20-19(23-17)25-29-26-20)22-14-10-6-8-12-16(14)28-4-2/h5-12H,3-4H2,1-2H3,(H,21,23,25)(H,22,24,26). The van der Waals surface area contributed by atoms with Crippen LogP contribution in [0.25, 0.3) is 11.3 Å². The molecule has 0 spiro atoms. The molecule has 2 aromatic carbocycles. The van der Waals surface area contributed by atoms with E-state index in [1.807, 2.05) is 62.4 Å². The Morgan fingerprint density at radius 3 is 1.62 bits per heavy atom. The van der Waals surface area contributed by atoms with Crippen LogP contribution >= 0.6 is 0 Å². The smallest absolute Gasteiger partial charge is 0.245 e. The van der Waals surface area contributed by atoms with Crippen LogP contribution < -0.4 is 20.1 Å². The molecule has 0 atom stereocenters. The molecule has 0 unspecified atom stereocenters. The molecular weight excluding hydrogens is 372 g/mol. The molecule has 9 heteroatoms. The number of ether oxygens (including phenoxy) is 2. The fourth-order valence-electron chi connectivity index (χ4n) is 2.77. The average molecular weight is 392 g/mol. The van der Waals surface area contributed by atoms with Crippen LogP contribution in [-0.2, 0) is 0 Å². The Morgan fingerprint density at radius 2 is 1.17 bits per heavy atom. The summed E-state index contributed by atoms with van der Waals surface area (Å²) in [6, 6.07) is 15.2. The first kappa shape index (κ1) is 18.5. The maximum atomic E-state index is 5.69. The zero-order chi connectivity index (χ0) is 20.1. The zero-order valence-corrected chi connectivity index (χ0v) is 16.0. The molecule has 4 aromatic rings. The Kier molecular flexibility index (Phi) is 5.37. The number of para-hydroxylation sites is 4. The van der Waals surface area contributed by atoms with E-state index in [9.17, 15) is 0 Å². The van der Waals surface area contributed by atoms with Crippen LogP contribution in [0.3, 0.4) is 0 Å². The third-order valence-electron chi connectivity index (χ3n) is 3.99. The van der Waals surface area contributed by atoms with Crippen molar-refractivity contribution in [3.63, 3.8) is 0 Å². The van der Waals surface area contributed by atoms with Crippen molar-refractivity contribution in [1.29, 1.82) is 0 Å². The van der Waals surface area contributed by atoms with Crippen molar-refractivity contribution in [3.05, 3.63) is 48.5 Å².